The number of rotatable bonds is 2. The van der Waals surface area contributed by atoms with E-state index < -0.39 is 11.7 Å². The molecule has 1 aromatic heterocycles. The van der Waals surface area contributed by atoms with Crippen molar-refractivity contribution in [3.8, 4) is 21.6 Å². The van der Waals surface area contributed by atoms with E-state index in [2.05, 4.69) is 0 Å². The molecule has 0 radical (unpaired) electrons. The Hall–Kier alpha value is -1.50. The van der Waals surface area contributed by atoms with Crippen LogP contribution in [-0.4, -0.2) is 0 Å². The molecule has 118 valence electrons. The maximum absolute atomic E-state index is 13.0. The fourth-order valence-corrected chi connectivity index (χ4v) is 5.17. The minimum absolute atomic E-state index is 0.512. The molecule has 0 N–H and O–H groups in total. The first kappa shape index (κ1) is 16.4. The molecule has 3 rings (SSSR count). The van der Waals surface area contributed by atoms with Gasteiger partial charge in [-0.1, -0.05) is 74.9 Å². The van der Waals surface area contributed by atoms with Crippen LogP contribution in [0.2, 0.25) is 0 Å². The molecule has 0 spiro atoms. The highest BCUT2D eigenvalue weighted by Crippen LogP contribution is 2.42. The van der Waals surface area contributed by atoms with Gasteiger partial charge in [-0.2, -0.15) is 13.2 Å². The van der Waals surface area contributed by atoms with E-state index in [1.807, 2.05) is 31.2 Å². The van der Waals surface area contributed by atoms with Crippen molar-refractivity contribution in [3.63, 3.8) is 0 Å². The van der Waals surface area contributed by atoms with Gasteiger partial charge >= 0.3 is 6.18 Å². The highest BCUT2D eigenvalue weighted by Gasteiger charge is 2.30. The highest BCUT2D eigenvalue weighted by molar-refractivity contribution is 7.80. The van der Waals surface area contributed by atoms with Gasteiger partial charge in [0.2, 0.25) is 0 Å². The standard InChI is InChI=1S/C17H11F3S3/c1-10-5-7-11(8-6-10)15-14(16(21)23-22-15)12-3-2-4-13(9-12)17(18,19)20/h2-9H,1H3. The lowest BCUT2D eigenvalue weighted by Gasteiger charge is -2.09. The van der Waals surface area contributed by atoms with Crippen LogP contribution in [0.5, 0.6) is 0 Å². The van der Waals surface area contributed by atoms with E-state index in [1.165, 1.54) is 32.8 Å². The van der Waals surface area contributed by atoms with Crippen LogP contribution < -0.4 is 0 Å². The van der Waals surface area contributed by atoms with Crippen molar-refractivity contribution >= 4 is 32.9 Å². The second kappa shape index (κ2) is 6.19. The molecular weight excluding hydrogens is 357 g/mol. The Balaban J connectivity index is 2.16. The molecule has 0 aliphatic heterocycles. The minimum atomic E-state index is -4.36. The molecule has 0 unspecified atom stereocenters. The maximum atomic E-state index is 13.0. The SMILES string of the molecule is Cc1ccc(-c2ssc(=S)c2-c2cccc(C(F)(F)F)c2)cc1. The first-order chi connectivity index (χ1) is 10.9. The van der Waals surface area contributed by atoms with Crippen molar-refractivity contribution in [1.82, 2.24) is 0 Å². The Labute approximate surface area is 144 Å². The summed E-state index contributed by atoms with van der Waals surface area (Å²) >= 11 is 5.37. The summed E-state index contributed by atoms with van der Waals surface area (Å²) in [6.45, 7) is 1.99. The largest absolute Gasteiger partial charge is 0.416 e. The van der Waals surface area contributed by atoms with Crippen LogP contribution >= 0.6 is 32.9 Å². The zero-order valence-electron chi connectivity index (χ0n) is 12.0. The summed E-state index contributed by atoms with van der Waals surface area (Å²) in [5.74, 6) is 0. The molecule has 3 aromatic rings. The smallest absolute Gasteiger partial charge is 0.166 e. The van der Waals surface area contributed by atoms with Crippen LogP contribution in [0.3, 0.4) is 0 Å². The van der Waals surface area contributed by atoms with Gasteiger partial charge in [0.15, 0.2) is 0 Å². The molecule has 0 atom stereocenters. The van der Waals surface area contributed by atoms with Gasteiger partial charge in [-0.05, 0) is 30.2 Å². The Bertz CT molecular complexity index is 886. The van der Waals surface area contributed by atoms with Crippen LogP contribution in [0.25, 0.3) is 21.6 Å². The lowest BCUT2D eigenvalue weighted by atomic mass is 10.0. The molecule has 2 aromatic carbocycles. The molecule has 0 saturated heterocycles. The van der Waals surface area contributed by atoms with Gasteiger partial charge < -0.3 is 0 Å². The number of benzene rings is 2. The van der Waals surface area contributed by atoms with E-state index in [0.717, 1.165) is 22.1 Å². The number of hydrogen-bond acceptors (Lipinski definition) is 3. The molecule has 0 fully saturated rings. The monoisotopic (exact) mass is 368 g/mol. The summed E-state index contributed by atoms with van der Waals surface area (Å²) in [6, 6.07) is 13.3. The second-order valence-corrected chi connectivity index (χ2v) is 7.92. The Morgan fingerprint density at radius 3 is 2.26 bits per heavy atom. The topological polar surface area (TPSA) is 0 Å². The fraction of sp³-hybridized carbons (Fsp3) is 0.118. The average molecular weight is 368 g/mol. The van der Waals surface area contributed by atoms with Crippen molar-refractivity contribution in [2.24, 2.45) is 0 Å². The van der Waals surface area contributed by atoms with Crippen LogP contribution in [0.4, 0.5) is 13.2 Å². The van der Waals surface area contributed by atoms with Crippen molar-refractivity contribution < 1.29 is 13.2 Å². The van der Waals surface area contributed by atoms with E-state index in [-0.39, 0.29) is 0 Å². The van der Waals surface area contributed by atoms with Crippen molar-refractivity contribution in [1.29, 1.82) is 0 Å². The molecule has 23 heavy (non-hydrogen) atoms. The maximum Gasteiger partial charge on any atom is 0.416 e. The number of halogens is 3. The molecule has 6 heteroatoms. The molecule has 0 nitrogen and oxygen atoms in total. The van der Waals surface area contributed by atoms with Crippen molar-refractivity contribution in [2.75, 3.05) is 0 Å². The van der Waals surface area contributed by atoms with Gasteiger partial charge in [-0.3, -0.25) is 0 Å². The number of hydrogen-bond donors (Lipinski definition) is 0. The van der Waals surface area contributed by atoms with E-state index in [0.29, 0.717) is 15.0 Å². The van der Waals surface area contributed by atoms with Crippen molar-refractivity contribution in [2.45, 2.75) is 13.1 Å². The van der Waals surface area contributed by atoms with Crippen molar-refractivity contribution in [3.05, 3.63) is 63.5 Å². The summed E-state index contributed by atoms with van der Waals surface area (Å²) in [7, 11) is 2.91. The second-order valence-electron chi connectivity index (χ2n) is 5.10. The van der Waals surface area contributed by atoms with Crippen LogP contribution in [0.1, 0.15) is 11.1 Å². The van der Waals surface area contributed by atoms with Crippen LogP contribution in [0, 0.1) is 10.7 Å². The average Bonchev–Trinajstić information content (AvgIpc) is 2.89. The zero-order chi connectivity index (χ0) is 16.6. The molecule has 0 bridgehead atoms. The van der Waals surface area contributed by atoms with E-state index in [9.17, 15) is 13.2 Å². The first-order valence-corrected chi connectivity index (χ1v) is 9.30. The molecule has 0 amide bonds. The van der Waals surface area contributed by atoms with E-state index >= 15 is 0 Å². The van der Waals surface area contributed by atoms with Gasteiger partial charge in [-0.25, -0.2) is 0 Å². The normalized spacial score (nSPS) is 11.7. The third-order valence-corrected chi connectivity index (χ3v) is 6.49. The van der Waals surface area contributed by atoms with Gasteiger partial charge in [0, 0.05) is 5.56 Å². The number of aryl methyl sites for hydroxylation is 1. The number of alkyl halides is 3. The van der Waals surface area contributed by atoms with Gasteiger partial charge in [0.05, 0.1) is 10.4 Å². The highest BCUT2D eigenvalue weighted by atomic mass is 32.9. The fourth-order valence-electron chi connectivity index (χ4n) is 2.25. The summed E-state index contributed by atoms with van der Waals surface area (Å²) in [5, 5.41) is 0. The summed E-state index contributed by atoms with van der Waals surface area (Å²) in [4.78, 5) is 0.916. The van der Waals surface area contributed by atoms with E-state index in [1.54, 1.807) is 6.07 Å². The third-order valence-electron chi connectivity index (χ3n) is 3.42. The Morgan fingerprint density at radius 2 is 1.61 bits per heavy atom. The van der Waals surface area contributed by atoms with E-state index in [4.69, 9.17) is 12.2 Å². The molecule has 0 saturated carbocycles. The predicted molar refractivity (Wildman–Crippen MR) is 93.6 cm³/mol. The summed E-state index contributed by atoms with van der Waals surface area (Å²) in [6.07, 6.45) is -4.36. The molecule has 0 aliphatic carbocycles. The quantitative estimate of drug-likeness (QED) is 0.340. The zero-order valence-corrected chi connectivity index (χ0v) is 14.4. The van der Waals surface area contributed by atoms with Gasteiger partial charge in [0.25, 0.3) is 0 Å². The van der Waals surface area contributed by atoms with Gasteiger partial charge in [-0.15, -0.1) is 0 Å². The molecule has 0 aliphatic rings. The molecule has 1 heterocycles. The third kappa shape index (κ3) is 3.39. The first-order valence-electron chi connectivity index (χ1n) is 6.74. The predicted octanol–water partition coefficient (Wildman–Crippen LogP) is 7.20. The Morgan fingerprint density at radius 1 is 0.913 bits per heavy atom. The van der Waals surface area contributed by atoms with Crippen LogP contribution in [0.15, 0.2) is 48.5 Å². The minimum Gasteiger partial charge on any atom is -0.166 e. The summed E-state index contributed by atoms with van der Waals surface area (Å²) in [5.41, 5.74) is 2.67. The molecular formula is C17H11F3S3. The summed E-state index contributed by atoms with van der Waals surface area (Å²) < 4.78 is 39.5. The van der Waals surface area contributed by atoms with Crippen LogP contribution in [-0.2, 0) is 6.18 Å². The lowest BCUT2D eigenvalue weighted by Crippen LogP contribution is -2.04. The Kier molecular flexibility index (Phi) is 4.40. The van der Waals surface area contributed by atoms with Gasteiger partial charge in [0.1, 0.15) is 3.82 Å². The lowest BCUT2D eigenvalue weighted by molar-refractivity contribution is -0.137.